The maximum Gasteiger partial charge on any atom is 0.0736 e. The van der Waals surface area contributed by atoms with Gasteiger partial charge in [0, 0.05) is 44.7 Å². The molecule has 1 atom stereocenters. The minimum atomic E-state index is 0.151. The van der Waals surface area contributed by atoms with Crippen molar-refractivity contribution in [2.24, 2.45) is 5.92 Å². The molecular weight excluding hydrogens is 300 g/mol. The van der Waals surface area contributed by atoms with Gasteiger partial charge in [-0.25, -0.2) is 0 Å². The van der Waals surface area contributed by atoms with Gasteiger partial charge in [-0.2, -0.15) is 0 Å². The van der Waals surface area contributed by atoms with Gasteiger partial charge in [-0.15, -0.1) is 0 Å². The molecule has 4 nitrogen and oxygen atoms in total. The van der Waals surface area contributed by atoms with Gasteiger partial charge in [0.15, 0.2) is 0 Å². The van der Waals surface area contributed by atoms with Crippen molar-refractivity contribution >= 4 is 0 Å². The number of pyridine rings is 1. The maximum atomic E-state index is 6.30. The fourth-order valence-corrected chi connectivity index (χ4v) is 4.66. The number of ether oxygens (including phenoxy) is 2. The average Bonchev–Trinajstić information content (AvgIpc) is 2.96. The molecule has 4 heteroatoms. The molecule has 2 saturated heterocycles. The van der Waals surface area contributed by atoms with Crippen molar-refractivity contribution in [2.45, 2.75) is 63.2 Å². The molecule has 24 heavy (non-hydrogen) atoms. The summed E-state index contributed by atoms with van der Waals surface area (Å²) in [5.74, 6) is 0.676. The lowest BCUT2D eigenvalue weighted by Gasteiger charge is -2.47. The Bertz CT molecular complexity index is 510. The fraction of sp³-hybridized carbons (Fsp3) is 0.750. The van der Waals surface area contributed by atoms with E-state index in [0.717, 1.165) is 31.2 Å². The van der Waals surface area contributed by atoms with Crippen LogP contribution in [0.4, 0.5) is 0 Å². The molecule has 0 amide bonds. The van der Waals surface area contributed by atoms with Gasteiger partial charge in [0.05, 0.1) is 12.2 Å². The first kappa shape index (κ1) is 16.5. The Morgan fingerprint density at radius 3 is 2.83 bits per heavy atom. The van der Waals surface area contributed by atoms with E-state index in [1.54, 1.807) is 6.20 Å². The molecule has 1 saturated carbocycles. The summed E-state index contributed by atoms with van der Waals surface area (Å²) in [5.41, 5.74) is 1.31. The molecule has 0 unspecified atom stereocenters. The second-order valence-corrected chi connectivity index (χ2v) is 7.72. The number of hydrogen-bond acceptors (Lipinski definition) is 4. The Morgan fingerprint density at radius 2 is 2.12 bits per heavy atom. The third kappa shape index (κ3) is 3.51. The predicted octanol–water partition coefficient (Wildman–Crippen LogP) is 3.41. The Balaban J connectivity index is 1.23. The standard InChI is InChI=1S/C20H30N2O2/c1-4-19(5-1)22-11-8-20(9-12-22)18(7-14-24-20)6-13-23-16-17-3-2-10-21-15-17/h2-3,10,15,18-19H,1,4-9,11-14,16H2/t18-/m0/s1. The molecule has 1 aliphatic carbocycles. The first-order valence-corrected chi connectivity index (χ1v) is 9.70. The number of aromatic nitrogens is 1. The van der Waals surface area contributed by atoms with E-state index in [0.29, 0.717) is 12.5 Å². The van der Waals surface area contributed by atoms with Crippen LogP contribution in [0.25, 0.3) is 0 Å². The Morgan fingerprint density at radius 1 is 1.25 bits per heavy atom. The summed E-state index contributed by atoms with van der Waals surface area (Å²) in [5, 5.41) is 0. The van der Waals surface area contributed by atoms with Gasteiger partial charge in [-0.1, -0.05) is 12.5 Å². The van der Waals surface area contributed by atoms with Crippen molar-refractivity contribution in [1.29, 1.82) is 0 Å². The van der Waals surface area contributed by atoms with E-state index in [2.05, 4.69) is 16.0 Å². The van der Waals surface area contributed by atoms with Gasteiger partial charge in [0.25, 0.3) is 0 Å². The minimum absolute atomic E-state index is 0.151. The van der Waals surface area contributed by atoms with E-state index < -0.39 is 0 Å². The zero-order valence-corrected chi connectivity index (χ0v) is 14.7. The summed E-state index contributed by atoms with van der Waals surface area (Å²) >= 11 is 0. The predicted molar refractivity (Wildman–Crippen MR) is 93.7 cm³/mol. The van der Waals surface area contributed by atoms with Crippen LogP contribution in [0, 0.1) is 5.92 Å². The van der Waals surface area contributed by atoms with Crippen molar-refractivity contribution in [2.75, 3.05) is 26.3 Å². The second kappa shape index (κ2) is 7.51. The third-order valence-corrected chi connectivity index (χ3v) is 6.44. The number of rotatable bonds is 6. The van der Waals surface area contributed by atoms with Crippen LogP contribution in [0.2, 0.25) is 0 Å². The van der Waals surface area contributed by atoms with Crippen molar-refractivity contribution in [3.05, 3.63) is 30.1 Å². The molecule has 0 radical (unpaired) electrons. The monoisotopic (exact) mass is 330 g/mol. The Labute approximate surface area is 145 Å². The topological polar surface area (TPSA) is 34.6 Å². The summed E-state index contributed by atoms with van der Waals surface area (Å²) in [6, 6.07) is 4.92. The molecule has 0 N–H and O–H groups in total. The van der Waals surface area contributed by atoms with Crippen LogP contribution in [0.3, 0.4) is 0 Å². The van der Waals surface area contributed by atoms with Crippen molar-refractivity contribution in [3.63, 3.8) is 0 Å². The van der Waals surface area contributed by atoms with E-state index in [1.807, 2.05) is 12.3 Å². The van der Waals surface area contributed by atoms with Gasteiger partial charge in [0.2, 0.25) is 0 Å². The van der Waals surface area contributed by atoms with E-state index in [4.69, 9.17) is 9.47 Å². The molecule has 1 spiro atoms. The van der Waals surface area contributed by atoms with Crippen LogP contribution < -0.4 is 0 Å². The molecule has 0 aromatic carbocycles. The second-order valence-electron chi connectivity index (χ2n) is 7.72. The molecular formula is C20H30N2O2. The van der Waals surface area contributed by atoms with Crippen LogP contribution in [-0.2, 0) is 16.1 Å². The van der Waals surface area contributed by atoms with Gasteiger partial charge in [-0.3, -0.25) is 4.98 Å². The molecule has 132 valence electrons. The van der Waals surface area contributed by atoms with Gasteiger partial charge in [-0.05, 0) is 56.1 Å². The van der Waals surface area contributed by atoms with E-state index in [1.165, 1.54) is 51.6 Å². The third-order valence-electron chi connectivity index (χ3n) is 6.44. The zero-order valence-electron chi connectivity index (χ0n) is 14.7. The first-order chi connectivity index (χ1) is 11.9. The van der Waals surface area contributed by atoms with Gasteiger partial charge >= 0.3 is 0 Å². The van der Waals surface area contributed by atoms with E-state index in [9.17, 15) is 0 Å². The van der Waals surface area contributed by atoms with E-state index in [-0.39, 0.29) is 5.60 Å². The lowest BCUT2D eigenvalue weighted by atomic mass is 9.77. The first-order valence-electron chi connectivity index (χ1n) is 9.70. The highest BCUT2D eigenvalue weighted by molar-refractivity contribution is 5.06. The van der Waals surface area contributed by atoms with Gasteiger partial charge < -0.3 is 14.4 Å². The molecule has 1 aromatic rings. The smallest absolute Gasteiger partial charge is 0.0736 e. The minimum Gasteiger partial charge on any atom is -0.377 e. The van der Waals surface area contributed by atoms with Crippen molar-refractivity contribution in [3.8, 4) is 0 Å². The zero-order chi connectivity index (χ0) is 16.2. The molecule has 3 fully saturated rings. The van der Waals surface area contributed by atoms with Crippen LogP contribution in [0.5, 0.6) is 0 Å². The van der Waals surface area contributed by atoms with Crippen molar-refractivity contribution in [1.82, 2.24) is 9.88 Å². The van der Waals surface area contributed by atoms with Gasteiger partial charge in [0.1, 0.15) is 0 Å². The molecule has 1 aromatic heterocycles. The molecule has 3 aliphatic rings. The maximum absolute atomic E-state index is 6.30. The molecule has 2 aliphatic heterocycles. The molecule has 4 rings (SSSR count). The van der Waals surface area contributed by atoms with Crippen LogP contribution in [-0.4, -0.2) is 47.8 Å². The van der Waals surface area contributed by atoms with Crippen LogP contribution in [0.15, 0.2) is 24.5 Å². The Hall–Kier alpha value is -0.970. The van der Waals surface area contributed by atoms with E-state index >= 15 is 0 Å². The summed E-state index contributed by atoms with van der Waals surface area (Å²) in [6.45, 7) is 4.91. The summed E-state index contributed by atoms with van der Waals surface area (Å²) in [4.78, 5) is 6.85. The quantitative estimate of drug-likeness (QED) is 0.749. The highest BCUT2D eigenvalue weighted by Crippen LogP contribution is 2.43. The van der Waals surface area contributed by atoms with Crippen LogP contribution in [0.1, 0.15) is 50.5 Å². The SMILES string of the molecule is c1cncc(COCC[C@H]2CCOC23CCN(C2CCC2)CC3)c1. The largest absolute Gasteiger partial charge is 0.377 e. The lowest BCUT2D eigenvalue weighted by molar-refractivity contribution is -0.0828. The molecule has 0 bridgehead atoms. The van der Waals surface area contributed by atoms with Crippen LogP contribution >= 0.6 is 0 Å². The van der Waals surface area contributed by atoms with Crippen molar-refractivity contribution < 1.29 is 9.47 Å². The number of hydrogen-bond donors (Lipinski definition) is 0. The number of likely N-dealkylation sites (tertiary alicyclic amines) is 1. The summed E-state index contributed by atoms with van der Waals surface area (Å²) < 4.78 is 12.2. The molecule has 3 heterocycles. The average molecular weight is 330 g/mol. The highest BCUT2D eigenvalue weighted by Gasteiger charge is 2.46. The normalized spacial score (nSPS) is 27.4. The lowest BCUT2D eigenvalue weighted by Crippen LogP contribution is -2.52. The number of piperidine rings is 1. The number of nitrogens with zero attached hydrogens (tertiary/aromatic N) is 2. The summed E-state index contributed by atoms with van der Waals surface area (Å²) in [7, 11) is 0. The fourth-order valence-electron chi connectivity index (χ4n) is 4.66. The Kier molecular flexibility index (Phi) is 5.16. The highest BCUT2D eigenvalue weighted by atomic mass is 16.5. The summed E-state index contributed by atoms with van der Waals surface area (Å²) in [6.07, 6.45) is 12.7.